The zero-order valence-electron chi connectivity index (χ0n) is 9.84. The zero-order valence-corrected chi connectivity index (χ0v) is 11.4. The van der Waals surface area contributed by atoms with Gasteiger partial charge in [-0.3, -0.25) is 4.79 Å². The molecular weight excluding hydrogens is 306 g/mol. The van der Waals surface area contributed by atoms with Crippen LogP contribution in [0.15, 0.2) is 16.6 Å². The van der Waals surface area contributed by atoms with Crippen molar-refractivity contribution in [2.45, 2.75) is 13.0 Å². The average Bonchev–Trinajstić information content (AvgIpc) is 2.35. The first-order valence-electron chi connectivity index (χ1n) is 5.67. The summed E-state index contributed by atoms with van der Waals surface area (Å²) < 4.78 is 27.6. The normalized spacial score (nSPS) is 20.0. The second kappa shape index (κ2) is 5.32. The zero-order chi connectivity index (χ0) is 13.3. The molecule has 1 aliphatic rings. The van der Waals surface area contributed by atoms with Crippen LogP contribution in [0.2, 0.25) is 0 Å². The summed E-state index contributed by atoms with van der Waals surface area (Å²) in [5.41, 5.74) is -0.488. The Morgan fingerprint density at radius 3 is 2.89 bits per heavy atom. The molecule has 0 spiro atoms. The van der Waals surface area contributed by atoms with Gasteiger partial charge < -0.3 is 10.2 Å². The number of hydrogen-bond donors (Lipinski definition) is 1. The molecule has 1 atom stereocenters. The molecule has 98 valence electrons. The lowest BCUT2D eigenvalue weighted by Crippen LogP contribution is -2.52. The van der Waals surface area contributed by atoms with Gasteiger partial charge in [0.05, 0.1) is 4.47 Å². The van der Waals surface area contributed by atoms with Crippen LogP contribution in [0.25, 0.3) is 0 Å². The first kappa shape index (κ1) is 13.4. The number of rotatable bonds is 1. The smallest absolute Gasteiger partial charge is 0.260 e. The van der Waals surface area contributed by atoms with Crippen molar-refractivity contribution in [1.82, 2.24) is 10.2 Å². The second-order valence-corrected chi connectivity index (χ2v) is 5.12. The molecule has 0 bridgehead atoms. The van der Waals surface area contributed by atoms with Gasteiger partial charge in [-0.2, -0.15) is 0 Å². The molecule has 1 fully saturated rings. The monoisotopic (exact) mass is 318 g/mol. The lowest BCUT2D eigenvalue weighted by atomic mass is 10.1. The standard InChI is InChI=1S/C12H13BrF2N2O/c1-7-6-16-4-5-17(7)12(18)10-9(14)3-2-8(13)11(10)15/h2-3,7,16H,4-6H2,1H3. The van der Waals surface area contributed by atoms with Gasteiger partial charge in [0.2, 0.25) is 0 Å². The summed E-state index contributed by atoms with van der Waals surface area (Å²) in [6.45, 7) is 3.56. The minimum absolute atomic E-state index is 0.0796. The number of amides is 1. The van der Waals surface area contributed by atoms with Crippen molar-refractivity contribution in [3.63, 3.8) is 0 Å². The summed E-state index contributed by atoms with van der Waals surface area (Å²) in [7, 11) is 0. The summed E-state index contributed by atoms with van der Waals surface area (Å²) in [6, 6.07) is 2.26. The van der Waals surface area contributed by atoms with Crippen LogP contribution >= 0.6 is 15.9 Å². The number of nitrogens with one attached hydrogen (secondary N) is 1. The highest BCUT2D eigenvalue weighted by molar-refractivity contribution is 9.10. The molecule has 2 rings (SSSR count). The van der Waals surface area contributed by atoms with Crippen LogP contribution in [0.3, 0.4) is 0 Å². The summed E-state index contributed by atoms with van der Waals surface area (Å²) in [5.74, 6) is -2.27. The van der Waals surface area contributed by atoms with E-state index in [-0.39, 0.29) is 10.5 Å². The molecule has 1 aliphatic heterocycles. The Labute approximate surface area is 112 Å². The Morgan fingerprint density at radius 2 is 2.22 bits per heavy atom. The number of carbonyl (C=O) groups is 1. The van der Waals surface area contributed by atoms with Gasteiger partial charge in [0.25, 0.3) is 5.91 Å². The summed E-state index contributed by atoms with van der Waals surface area (Å²) in [6.07, 6.45) is 0. The van der Waals surface area contributed by atoms with Crippen LogP contribution in [-0.2, 0) is 0 Å². The van der Waals surface area contributed by atoms with E-state index in [2.05, 4.69) is 21.2 Å². The number of benzene rings is 1. The molecule has 0 aliphatic carbocycles. The van der Waals surface area contributed by atoms with E-state index < -0.39 is 23.1 Å². The van der Waals surface area contributed by atoms with Gasteiger partial charge in [-0.15, -0.1) is 0 Å². The van der Waals surface area contributed by atoms with E-state index in [1.807, 2.05) is 6.92 Å². The minimum atomic E-state index is -0.842. The number of halogens is 3. The first-order valence-corrected chi connectivity index (χ1v) is 6.47. The van der Waals surface area contributed by atoms with Crippen LogP contribution in [-0.4, -0.2) is 36.5 Å². The number of carbonyl (C=O) groups excluding carboxylic acids is 1. The Balaban J connectivity index is 2.36. The van der Waals surface area contributed by atoms with Gasteiger partial charge in [0.15, 0.2) is 5.82 Å². The van der Waals surface area contributed by atoms with E-state index in [1.165, 1.54) is 11.0 Å². The number of hydrogen-bond acceptors (Lipinski definition) is 2. The maximum Gasteiger partial charge on any atom is 0.260 e. The predicted octanol–water partition coefficient (Wildman–Crippen LogP) is 2.16. The number of piperazine rings is 1. The maximum absolute atomic E-state index is 13.8. The van der Waals surface area contributed by atoms with E-state index >= 15 is 0 Å². The van der Waals surface area contributed by atoms with Crippen molar-refractivity contribution < 1.29 is 13.6 Å². The number of nitrogens with zero attached hydrogens (tertiary/aromatic N) is 1. The molecule has 1 aromatic carbocycles. The second-order valence-electron chi connectivity index (χ2n) is 4.27. The summed E-state index contributed by atoms with van der Waals surface area (Å²) >= 11 is 2.96. The molecule has 0 saturated carbocycles. The lowest BCUT2D eigenvalue weighted by molar-refractivity contribution is 0.0645. The van der Waals surface area contributed by atoms with E-state index in [0.717, 1.165) is 6.07 Å². The third kappa shape index (κ3) is 2.40. The third-order valence-electron chi connectivity index (χ3n) is 3.02. The molecule has 0 radical (unpaired) electrons. The molecule has 3 nitrogen and oxygen atoms in total. The molecule has 1 saturated heterocycles. The van der Waals surface area contributed by atoms with E-state index in [9.17, 15) is 13.6 Å². The molecule has 1 aromatic rings. The van der Waals surface area contributed by atoms with Gasteiger partial charge >= 0.3 is 0 Å². The van der Waals surface area contributed by atoms with E-state index in [0.29, 0.717) is 19.6 Å². The summed E-state index contributed by atoms with van der Waals surface area (Å²) in [4.78, 5) is 13.7. The fraction of sp³-hybridized carbons (Fsp3) is 0.417. The molecular formula is C12H13BrF2N2O. The first-order chi connectivity index (χ1) is 8.52. The molecule has 0 aromatic heterocycles. The molecule has 18 heavy (non-hydrogen) atoms. The van der Waals surface area contributed by atoms with Crippen LogP contribution in [0, 0.1) is 11.6 Å². The quantitative estimate of drug-likeness (QED) is 0.805. The van der Waals surface area contributed by atoms with Gasteiger partial charge in [0.1, 0.15) is 11.4 Å². The highest BCUT2D eigenvalue weighted by Gasteiger charge is 2.29. The Morgan fingerprint density at radius 1 is 1.50 bits per heavy atom. The van der Waals surface area contributed by atoms with Crippen molar-refractivity contribution in [2.24, 2.45) is 0 Å². The van der Waals surface area contributed by atoms with Gasteiger partial charge in [-0.05, 0) is 35.0 Å². The van der Waals surface area contributed by atoms with Gasteiger partial charge in [0, 0.05) is 25.7 Å². The van der Waals surface area contributed by atoms with Crippen LogP contribution in [0.4, 0.5) is 8.78 Å². The van der Waals surface area contributed by atoms with E-state index in [1.54, 1.807) is 0 Å². The Kier molecular flexibility index (Phi) is 3.97. The van der Waals surface area contributed by atoms with Crippen molar-refractivity contribution in [3.8, 4) is 0 Å². The van der Waals surface area contributed by atoms with Crippen molar-refractivity contribution >= 4 is 21.8 Å². The van der Waals surface area contributed by atoms with Crippen molar-refractivity contribution in [2.75, 3.05) is 19.6 Å². The van der Waals surface area contributed by atoms with Gasteiger partial charge in [-0.1, -0.05) is 0 Å². The Hall–Kier alpha value is -1.01. The third-order valence-corrected chi connectivity index (χ3v) is 3.63. The van der Waals surface area contributed by atoms with Crippen LogP contribution < -0.4 is 5.32 Å². The highest BCUT2D eigenvalue weighted by Crippen LogP contribution is 2.23. The lowest BCUT2D eigenvalue weighted by Gasteiger charge is -2.34. The largest absolute Gasteiger partial charge is 0.333 e. The highest BCUT2D eigenvalue weighted by atomic mass is 79.9. The molecule has 6 heteroatoms. The maximum atomic E-state index is 13.8. The van der Waals surface area contributed by atoms with Crippen molar-refractivity contribution in [1.29, 1.82) is 0 Å². The van der Waals surface area contributed by atoms with Gasteiger partial charge in [-0.25, -0.2) is 8.78 Å². The van der Waals surface area contributed by atoms with Crippen LogP contribution in [0.1, 0.15) is 17.3 Å². The topological polar surface area (TPSA) is 32.3 Å². The van der Waals surface area contributed by atoms with Crippen molar-refractivity contribution in [3.05, 3.63) is 33.8 Å². The SMILES string of the molecule is CC1CNCCN1C(=O)c1c(F)ccc(Br)c1F. The fourth-order valence-corrected chi connectivity index (χ4v) is 2.34. The minimum Gasteiger partial charge on any atom is -0.333 e. The molecule has 1 N–H and O–H groups in total. The summed E-state index contributed by atoms with van der Waals surface area (Å²) in [5, 5.41) is 3.12. The van der Waals surface area contributed by atoms with E-state index in [4.69, 9.17) is 0 Å². The predicted molar refractivity (Wildman–Crippen MR) is 67.4 cm³/mol. The Bertz CT molecular complexity index is 481. The molecule has 1 heterocycles. The molecule has 1 amide bonds. The van der Waals surface area contributed by atoms with Crippen LogP contribution in [0.5, 0.6) is 0 Å². The average molecular weight is 319 g/mol. The molecule has 1 unspecified atom stereocenters. The fourth-order valence-electron chi connectivity index (χ4n) is 2.01.